The third kappa shape index (κ3) is 1.36. The van der Waals surface area contributed by atoms with E-state index >= 15 is 0 Å². The second kappa shape index (κ2) is 3.24. The summed E-state index contributed by atoms with van der Waals surface area (Å²) >= 11 is 5.96. The van der Waals surface area contributed by atoms with Crippen molar-refractivity contribution in [1.82, 2.24) is 0 Å². The highest BCUT2D eigenvalue weighted by molar-refractivity contribution is 6.31. The van der Waals surface area contributed by atoms with Crippen molar-refractivity contribution < 1.29 is 4.79 Å². The van der Waals surface area contributed by atoms with Gasteiger partial charge in [-0.25, -0.2) is 0 Å². The smallest absolute Gasteiger partial charge is 0.235 e. The summed E-state index contributed by atoms with van der Waals surface area (Å²) in [5, 5.41) is 3.58. The number of hydrogen-bond donors (Lipinski definition) is 1. The number of carbonyl (C=O) groups is 1. The highest BCUT2D eigenvalue weighted by atomic mass is 35.5. The Bertz CT molecular complexity index is 428. The van der Waals surface area contributed by atoms with E-state index in [9.17, 15) is 4.79 Å². The van der Waals surface area contributed by atoms with Crippen LogP contribution in [0.15, 0.2) is 18.2 Å². The average Bonchev–Trinajstić information content (AvgIpc) is 2.42. The first kappa shape index (κ1) is 10.5. The van der Waals surface area contributed by atoms with Crippen LogP contribution >= 0.6 is 11.6 Å². The number of anilines is 1. The molecule has 0 saturated heterocycles. The second-order valence-electron chi connectivity index (χ2n) is 4.50. The molecule has 2 nitrogen and oxygen atoms in total. The molecule has 80 valence electrons. The lowest BCUT2D eigenvalue weighted by Gasteiger charge is -2.26. The molecule has 1 amide bonds. The number of hydrogen-bond acceptors (Lipinski definition) is 1. The first-order valence-electron chi connectivity index (χ1n) is 5.07. The Morgan fingerprint density at radius 1 is 1.40 bits per heavy atom. The fourth-order valence-electron chi connectivity index (χ4n) is 2.00. The van der Waals surface area contributed by atoms with E-state index in [-0.39, 0.29) is 11.8 Å². The number of benzene rings is 1. The zero-order valence-electron chi connectivity index (χ0n) is 9.10. The first-order valence-corrected chi connectivity index (χ1v) is 5.45. The second-order valence-corrected chi connectivity index (χ2v) is 4.94. The summed E-state index contributed by atoms with van der Waals surface area (Å²) in [6.45, 7) is 6.07. The van der Waals surface area contributed by atoms with Crippen molar-refractivity contribution in [1.29, 1.82) is 0 Å². The molecule has 0 radical (unpaired) electrons. The standard InChI is InChI=1S/C12H14ClNO/c1-7(2)12(3)9-6-8(13)4-5-10(9)14-11(12)15/h4-7H,1-3H3,(H,14,15). The summed E-state index contributed by atoms with van der Waals surface area (Å²) in [5.74, 6) is 0.312. The van der Waals surface area contributed by atoms with Crippen molar-refractivity contribution in [2.24, 2.45) is 5.92 Å². The third-order valence-electron chi connectivity index (χ3n) is 3.42. The quantitative estimate of drug-likeness (QED) is 0.778. The number of halogens is 1. The molecule has 1 unspecified atom stereocenters. The monoisotopic (exact) mass is 223 g/mol. The van der Waals surface area contributed by atoms with Gasteiger partial charge in [-0.15, -0.1) is 0 Å². The maximum absolute atomic E-state index is 12.0. The van der Waals surface area contributed by atoms with Gasteiger partial charge in [0.15, 0.2) is 0 Å². The molecule has 1 atom stereocenters. The van der Waals surface area contributed by atoms with Crippen LogP contribution in [0.25, 0.3) is 0 Å². The fraction of sp³-hybridized carbons (Fsp3) is 0.417. The van der Waals surface area contributed by atoms with Crippen LogP contribution in [0.4, 0.5) is 5.69 Å². The van der Waals surface area contributed by atoms with Gasteiger partial charge in [0.05, 0.1) is 5.41 Å². The maximum atomic E-state index is 12.0. The average molecular weight is 224 g/mol. The molecule has 1 heterocycles. The van der Waals surface area contributed by atoms with Gasteiger partial charge in [-0.3, -0.25) is 4.79 Å². The van der Waals surface area contributed by atoms with E-state index in [1.54, 1.807) is 6.07 Å². The van der Waals surface area contributed by atoms with Gasteiger partial charge < -0.3 is 5.32 Å². The normalized spacial score (nSPS) is 24.2. The Morgan fingerprint density at radius 2 is 2.07 bits per heavy atom. The number of carbonyl (C=O) groups excluding carboxylic acids is 1. The van der Waals surface area contributed by atoms with Crippen molar-refractivity contribution in [3.8, 4) is 0 Å². The van der Waals surface area contributed by atoms with Crippen LogP contribution in [-0.4, -0.2) is 5.91 Å². The minimum absolute atomic E-state index is 0.0646. The van der Waals surface area contributed by atoms with Crippen molar-refractivity contribution in [2.45, 2.75) is 26.2 Å². The van der Waals surface area contributed by atoms with Crippen LogP contribution in [0.3, 0.4) is 0 Å². The van der Waals surface area contributed by atoms with Crippen LogP contribution < -0.4 is 5.32 Å². The molecular weight excluding hydrogens is 210 g/mol. The predicted molar refractivity (Wildman–Crippen MR) is 62.3 cm³/mol. The Labute approximate surface area is 94.6 Å². The van der Waals surface area contributed by atoms with E-state index in [4.69, 9.17) is 11.6 Å². The molecule has 0 aromatic heterocycles. The van der Waals surface area contributed by atoms with Crippen LogP contribution in [-0.2, 0) is 10.2 Å². The largest absolute Gasteiger partial charge is 0.325 e. The number of rotatable bonds is 1. The van der Waals surface area contributed by atoms with E-state index < -0.39 is 5.41 Å². The zero-order valence-corrected chi connectivity index (χ0v) is 9.85. The predicted octanol–water partition coefficient (Wildman–Crippen LogP) is 3.21. The summed E-state index contributed by atoms with van der Waals surface area (Å²) in [7, 11) is 0. The lowest BCUT2D eigenvalue weighted by atomic mass is 9.74. The number of amides is 1. The molecule has 2 rings (SSSR count). The highest BCUT2D eigenvalue weighted by Crippen LogP contribution is 2.43. The first-order chi connectivity index (χ1) is 6.96. The summed E-state index contributed by atoms with van der Waals surface area (Å²) in [5.41, 5.74) is 1.44. The fourth-order valence-corrected chi connectivity index (χ4v) is 2.17. The Balaban J connectivity index is 2.63. The number of fused-ring (bicyclic) bond motifs is 1. The summed E-state index contributed by atoms with van der Waals surface area (Å²) < 4.78 is 0. The topological polar surface area (TPSA) is 29.1 Å². The summed E-state index contributed by atoms with van der Waals surface area (Å²) in [4.78, 5) is 12.0. The van der Waals surface area contributed by atoms with Crippen LogP contribution in [0.5, 0.6) is 0 Å². The molecule has 1 aromatic carbocycles. The molecule has 0 fully saturated rings. The molecule has 15 heavy (non-hydrogen) atoms. The van der Waals surface area contributed by atoms with E-state index in [1.165, 1.54) is 0 Å². The van der Waals surface area contributed by atoms with E-state index in [0.717, 1.165) is 11.3 Å². The third-order valence-corrected chi connectivity index (χ3v) is 3.65. The molecule has 1 aliphatic heterocycles. The van der Waals surface area contributed by atoms with Gasteiger partial charge >= 0.3 is 0 Å². The molecular formula is C12H14ClNO. The Morgan fingerprint density at radius 3 is 2.67 bits per heavy atom. The van der Waals surface area contributed by atoms with Gasteiger partial charge in [0.25, 0.3) is 0 Å². The van der Waals surface area contributed by atoms with Crippen LogP contribution in [0, 0.1) is 5.92 Å². The Kier molecular flexibility index (Phi) is 2.27. The van der Waals surface area contributed by atoms with Gasteiger partial charge in [0.2, 0.25) is 5.91 Å². The van der Waals surface area contributed by atoms with Gasteiger partial charge in [0, 0.05) is 10.7 Å². The van der Waals surface area contributed by atoms with Gasteiger partial charge in [0.1, 0.15) is 0 Å². The van der Waals surface area contributed by atoms with Crippen molar-refractivity contribution in [3.05, 3.63) is 28.8 Å². The minimum Gasteiger partial charge on any atom is -0.325 e. The lowest BCUT2D eigenvalue weighted by Crippen LogP contribution is -2.36. The van der Waals surface area contributed by atoms with E-state index in [2.05, 4.69) is 19.2 Å². The van der Waals surface area contributed by atoms with Crippen molar-refractivity contribution in [3.63, 3.8) is 0 Å². The highest BCUT2D eigenvalue weighted by Gasteiger charge is 2.44. The molecule has 0 spiro atoms. The summed E-state index contributed by atoms with van der Waals surface area (Å²) in [6.07, 6.45) is 0. The molecule has 0 aliphatic carbocycles. The molecule has 1 aromatic rings. The molecule has 0 saturated carbocycles. The van der Waals surface area contributed by atoms with Gasteiger partial charge in [-0.1, -0.05) is 25.4 Å². The van der Waals surface area contributed by atoms with Crippen LogP contribution in [0.2, 0.25) is 5.02 Å². The van der Waals surface area contributed by atoms with E-state index in [0.29, 0.717) is 5.02 Å². The molecule has 3 heteroatoms. The van der Waals surface area contributed by atoms with Crippen LogP contribution in [0.1, 0.15) is 26.3 Å². The zero-order chi connectivity index (χ0) is 11.2. The van der Waals surface area contributed by atoms with Gasteiger partial charge in [-0.2, -0.15) is 0 Å². The maximum Gasteiger partial charge on any atom is 0.235 e. The number of nitrogens with one attached hydrogen (secondary N) is 1. The van der Waals surface area contributed by atoms with Crippen molar-refractivity contribution >= 4 is 23.2 Å². The van der Waals surface area contributed by atoms with Crippen molar-refractivity contribution in [2.75, 3.05) is 5.32 Å². The minimum atomic E-state index is -0.458. The molecule has 0 bridgehead atoms. The summed E-state index contributed by atoms with van der Waals surface area (Å²) in [6, 6.07) is 5.55. The SMILES string of the molecule is CC(C)C1(C)C(=O)Nc2ccc(Cl)cc21. The molecule has 1 N–H and O–H groups in total. The lowest BCUT2D eigenvalue weighted by molar-refractivity contribution is -0.121. The van der Waals surface area contributed by atoms with Gasteiger partial charge in [-0.05, 0) is 36.6 Å². The Hall–Kier alpha value is -1.02. The molecule has 1 aliphatic rings. The van der Waals surface area contributed by atoms with E-state index in [1.807, 2.05) is 19.1 Å².